The summed E-state index contributed by atoms with van der Waals surface area (Å²) in [7, 11) is -3.18. The van der Waals surface area contributed by atoms with Gasteiger partial charge in [-0.25, -0.2) is 8.42 Å². The van der Waals surface area contributed by atoms with E-state index in [1.54, 1.807) is 6.07 Å². The van der Waals surface area contributed by atoms with Crippen LogP contribution in [0, 0.1) is 0 Å². The Kier molecular flexibility index (Phi) is 4.26. The molecular weight excluding hydrogens is 308 g/mol. The molecule has 1 saturated carbocycles. The van der Waals surface area contributed by atoms with Crippen LogP contribution in [0.1, 0.15) is 30.4 Å². The van der Waals surface area contributed by atoms with E-state index in [-0.39, 0.29) is 16.8 Å². The van der Waals surface area contributed by atoms with Crippen LogP contribution in [0.3, 0.4) is 0 Å². The minimum Gasteiger partial charge on any atom is -0.508 e. The Morgan fingerprint density at radius 3 is 2.35 bits per heavy atom. The molecule has 3 rings (SSSR count). The average molecular weight is 328 g/mol. The van der Waals surface area contributed by atoms with E-state index in [4.69, 9.17) is 0 Å². The Bertz CT molecular complexity index is 819. The van der Waals surface area contributed by atoms with Gasteiger partial charge in [-0.05, 0) is 35.6 Å². The molecule has 0 spiro atoms. The number of hydrogen-bond acceptors (Lipinski definition) is 3. The smallest absolute Gasteiger partial charge is 0.157 e. The third-order valence-electron chi connectivity index (χ3n) is 4.44. The molecule has 23 heavy (non-hydrogen) atoms. The largest absolute Gasteiger partial charge is 0.508 e. The zero-order chi connectivity index (χ0) is 16.4. The molecule has 3 nitrogen and oxygen atoms in total. The van der Waals surface area contributed by atoms with Crippen molar-refractivity contribution in [3.05, 3.63) is 66.2 Å². The van der Waals surface area contributed by atoms with E-state index in [1.807, 2.05) is 42.5 Å². The number of sulfone groups is 1. The summed E-state index contributed by atoms with van der Waals surface area (Å²) in [6.07, 6.45) is 2.47. The summed E-state index contributed by atoms with van der Waals surface area (Å²) < 4.78 is 25.0. The molecule has 120 valence electrons. The fraction of sp³-hybridized carbons (Fsp3) is 0.263. The first kappa shape index (κ1) is 15.8. The van der Waals surface area contributed by atoms with Crippen LogP contribution in [0.25, 0.3) is 16.9 Å². The van der Waals surface area contributed by atoms with Gasteiger partial charge in [-0.3, -0.25) is 0 Å². The summed E-state index contributed by atoms with van der Waals surface area (Å²) in [6.45, 7) is 3.56. The average Bonchev–Trinajstić information content (AvgIpc) is 2.45. The number of aliphatic hydroxyl groups is 1. The van der Waals surface area contributed by atoms with Crippen LogP contribution in [0.4, 0.5) is 0 Å². The maximum Gasteiger partial charge on any atom is 0.157 e. The third-order valence-corrected chi connectivity index (χ3v) is 6.64. The maximum absolute atomic E-state index is 12.5. The van der Waals surface area contributed by atoms with Crippen molar-refractivity contribution < 1.29 is 13.5 Å². The van der Waals surface area contributed by atoms with E-state index in [9.17, 15) is 13.5 Å². The van der Waals surface area contributed by atoms with Gasteiger partial charge in [-0.2, -0.15) is 0 Å². The molecule has 0 amide bonds. The van der Waals surface area contributed by atoms with Crippen molar-refractivity contribution in [3.63, 3.8) is 0 Å². The summed E-state index contributed by atoms with van der Waals surface area (Å²) in [5.74, 6) is -0.142. The minimum absolute atomic E-state index is 0.0484. The summed E-state index contributed by atoms with van der Waals surface area (Å²) in [5.41, 5.74) is 3.08. The summed E-state index contributed by atoms with van der Waals surface area (Å²) in [5, 5.41) is 9.55. The Hall–Kier alpha value is -2.07. The van der Waals surface area contributed by atoms with Crippen LogP contribution in [-0.2, 0) is 15.6 Å². The summed E-state index contributed by atoms with van der Waals surface area (Å²) in [6, 6.07) is 15.3. The molecule has 0 unspecified atom stereocenters. The Morgan fingerprint density at radius 2 is 1.78 bits per heavy atom. The molecule has 0 aromatic heterocycles. The second kappa shape index (κ2) is 6.20. The predicted octanol–water partition coefficient (Wildman–Crippen LogP) is 4.35. The lowest BCUT2D eigenvalue weighted by atomic mass is 9.99. The lowest BCUT2D eigenvalue weighted by molar-refractivity contribution is 0.476. The van der Waals surface area contributed by atoms with E-state index in [2.05, 4.69) is 6.58 Å². The highest BCUT2D eigenvalue weighted by Gasteiger charge is 2.31. The van der Waals surface area contributed by atoms with Crippen LogP contribution in [0.5, 0.6) is 0 Å². The van der Waals surface area contributed by atoms with Crippen molar-refractivity contribution in [1.29, 1.82) is 0 Å². The SMILES string of the molecule is C=C(O)c1ccc(-c2ccccc2)cc1CS(=O)(=O)C1CCC1. The molecule has 1 fully saturated rings. The van der Waals surface area contributed by atoms with Gasteiger partial charge in [0.15, 0.2) is 9.84 Å². The van der Waals surface area contributed by atoms with Gasteiger partial charge in [0, 0.05) is 5.56 Å². The molecular formula is C19H20O3S. The molecule has 1 N–H and O–H groups in total. The molecule has 4 heteroatoms. The van der Waals surface area contributed by atoms with E-state index in [0.29, 0.717) is 11.1 Å². The monoisotopic (exact) mass is 328 g/mol. The lowest BCUT2D eigenvalue weighted by Crippen LogP contribution is -2.29. The second-order valence-electron chi connectivity index (χ2n) is 6.04. The number of benzene rings is 2. The minimum atomic E-state index is -3.18. The first-order chi connectivity index (χ1) is 11.0. The highest BCUT2D eigenvalue weighted by molar-refractivity contribution is 7.91. The van der Waals surface area contributed by atoms with Crippen LogP contribution in [0.15, 0.2) is 55.1 Å². The van der Waals surface area contributed by atoms with E-state index >= 15 is 0 Å². The molecule has 0 heterocycles. The van der Waals surface area contributed by atoms with Gasteiger partial charge in [0.2, 0.25) is 0 Å². The predicted molar refractivity (Wildman–Crippen MR) is 93.8 cm³/mol. The van der Waals surface area contributed by atoms with E-state index in [0.717, 1.165) is 30.4 Å². The highest BCUT2D eigenvalue weighted by atomic mass is 32.2. The summed E-state index contributed by atoms with van der Waals surface area (Å²) >= 11 is 0. The van der Waals surface area contributed by atoms with Gasteiger partial charge in [-0.15, -0.1) is 0 Å². The van der Waals surface area contributed by atoms with E-state index in [1.165, 1.54) is 0 Å². The molecule has 1 aliphatic rings. The lowest BCUT2D eigenvalue weighted by Gasteiger charge is -2.25. The van der Waals surface area contributed by atoms with Gasteiger partial charge >= 0.3 is 0 Å². The molecule has 0 aliphatic heterocycles. The molecule has 0 bridgehead atoms. The van der Waals surface area contributed by atoms with Gasteiger partial charge in [0.1, 0.15) is 5.76 Å². The molecule has 0 saturated heterocycles. The van der Waals surface area contributed by atoms with Crippen molar-refractivity contribution in [2.75, 3.05) is 0 Å². The van der Waals surface area contributed by atoms with Gasteiger partial charge in [0.25, 0.3) is 0 Å². The maximum atomic E-state index is 12.5. The zero-order valence-electron chi connectivity index (χ0n) is 12.9. The van der Waals surface area contributed by atoms with Gasteiger partial charge < -0.3 is 5.11 Å². The topological polar surface area (TPSA) is 54.4 Å². The fourth-order valence-electron chi connectivity index (χ4n) is 2.87. The first-order valence-electron chi connectivity index (χ1n) is 7.75. The zero-order valence-corrected chi connectivity index (χ0v) is 13.7. The Balaban J connectivity index is 2.00. The van der Waals surface area contributed by atoms with Gasteiger partial charge in [0.05, 0.1) is 11.0 Å². The first-order valence-corrected chi connectivity index (χ1v) is 9.47. The summed E-state index contributed by atoms with van der Waals surface area (Å²) in [4.78, 5) is 0. The Labute approximate surface area is 137 Å². The van der Waals surface area contributed by atoms with Crippen molar-refractivity contribution in [1.82, 2.24) is 0 Å². The fourth-order valence-corrected chi connectivity index (χ4v) is 4.83. The van der Waals surface area contributed by atoms with Crippen LogP contribution in [-0.4, -0.2) is 18.8 Å². The molecule has 0 atom stereocenters. The number of hydrogen-bond donors (Lipinski definition) is 1. The van der Waals surface area contributed by atoms with Crippen molar-refractivity contribution in [2.24, 2.45) is 0 Å². The van der Waals surface area contributed by atoms with Crippen LogP contribution >= 0.6 is 0 Å². The van der Waals surface area contributed by atoms with Crippen molar-refractivity contribution >= 4 is 15.6 Å². The van der Waals surface area contributed by atoms with Crippen molar-refractivity contribution in [2.45, 2.75) is 30.3 Å². The van der Waals surface area contributed by atoms with E-state index < -0.39 is 9.84 Å². The standard InChI is InChI=1S/C19H20O3S/c1-14(20)19-11-10-16(15-6-3-2-4-7-15)12-17(19)13-23(21,22)18-8-5-9-18/h2-4,6-7,10-12,18,20H,1,5,8-9,13H2. The van der Waals surface area contributed by atoms with Crippen LogP contribution in [0.2, 0.25) is 0 Å². The van der Waals surface area contributed by atoms with Crippen molar-refractivity contribution in [3.8, 4) is 11.1 Å². The Morgan fingerprint density at radius 1 is 1.09 bits per heavy atom. The molecule has 2 aromatic carbocycles. The quantitative estimate of drug-likeness (QED) is 0.830. The highest BCUT2D eigenvalue weighted by Crippen LogP contribution is 2.31. The number of rotatable bonds is 5. The normalized spacial score (nSPS) is 15.1. The molecule has 2 aromatic rings. The molecule has 0 radical (unpaired) electrons. The van der Waals surface area contributed by atoms with Gasteiger partial charge in [-0.1, -0.05) is 55.5 Å². The molecule has 1 aliphatic carbocycles. The second-order valence-corrected chi connectivity index (χ2v) is 8.33. The van der Waals surface area contributed by atoms with Crippen LogP contribution < -0.4 is 0 Å². The third kappa shape index (κ3) is 3.32. The number of aliphatic hydroxyl groups excluding tert-OH is 1.